The van der Waals surface area contributed by atoms with Crippen molar-refractivity contribution in [1.29, 1.82) is 0 Å². The van der Waals surface area contributed by atoms with Gasteiger partial charge in [0.25, 0.3) is 0 Å². The first-order chi connectivity index (χ1) is 7.06. The lowest BCUT2D eigenvalue weighted by molar-refractivity contribution is -0.138. The second kappa shape index (κ2) is 5.06. The van der Waals surface area contributed by atoms with Gasteiger partial charge < -0.3 is 5.11 Å². The van der Waals surface area contributed by atoms with Crippen LogP contribution in [-0.4, -0.2) is 11.1 Å². The van der Waals surface area contributed by atoms with Crippen LogP contribution in [-0.2, 0) is 4.79 Å². The Hall–Kier alpha value is -1.17. The fraction of sp³-hybridized carbons (Fsp3) is 0.182. The van der Waals surface area contributed by atoms with Gasteiger partial charge in [-0.05, 0) is 17.7 Å². The van der Waals surface area contributed by atoms with Crippen LogP contribution in [0.5, 0.6) is 0 Å². The van der Waals surface area contributed by atoms with Gasteiger partial charge in [-0.2, -0.15) is 0 Å². The van der Waals surface area contributed by atoms with Crippen LogP contribution in [0.4, 0.5) is 0 Å². The van der Waals surface area contributed by atoms with Gasteiger partial charge in [-0.25, -0.2) is 0 Å². The van der Waals surface area contributed by atoms with Crippen molar-refractivity contribution in [2.24, 2.45) is 0 Å². The number of halogens is 2. The molecule has 0 heterocycles. The van der Waals surface area contributed by atoms with Crippen molar-refractivity contribution in [2.75, 3.05) is 0 Å². The summed E-state index contributed by atoms with van der Waals surface area (Å²) in [6.07, 6.45) is 5.21. The zero-order chi connectivity index (χ0) is 11.4. The number of rotatable bonds is 3. The highest BCUT2D eigenvalue weighted by Gasteiger charge is 2.21. The lowest BCUT2D eigenvalue weighted by Gasteiger charge is -2.11. The normalized spacial score (nSPS) is 11.8. The molecule has 0 aliphatic carbocycles. The van der Waals surface area contributed by atoms with E-state index >= 15 is 0 Å². The Kier molecular flexibility index (Phi) is 4.02. The van der Waals surface area contributed by atoms with Crippen molar-refractivity contribution in [2.45, 2.75) is 12.3 Å². The summed E-state index contributed by atoms with van der Waals surface area (Å²) in [5, 5.41) is 9.75. The van der Waals surface area contributed by atoms with E-state index in [1.54, 1.807) is 12.1 Å². The van der Waals surface area contributed by atoms with E-state index in [0.717, 1.165) is 0 Å². The fourth-order valence-corrected chi connectivity index (χ4v) is 1.77. The van der Waals surface area contributed by atoms with Crippen LogP contribution in [0.15, 0.2) is 18.2 Å². The number of hydrogen-bond donors (Lipinski definition) is 1. The molecule has 0 aliphatic rings. The predicted octanol–water partition coefficient (Wildman–Crippen LogP) is 3.18. The van der Waals surface area contributed by atoms with Gasteiger partial charge in [0.2, 0.25) is 0 Å². The molecule has 1 unspecified atom stereocenters. The number of carbonyl (C=O) groups is 1. The number of carboxylic acids is 1. The molecule has 4 heteroatoms. The highest BCUT2D eigenvalue weighted by atomic mass is 35.5. The molecule has 0 amide bonds. The Morgan fingerprint density at radius 2 is 2.20 bits per heavy atom. The van der Waals surface area contributed by atoms with Crippen LogP contribution in [0.1, 0.15) is 17.9 Å². The molecule has 1 aromatic carbocycles. The second-order valence-electron chi connectivity index (χ2n) is 2.96. The molecule has 1 rings (SSSR count). The summed E-state index contributed by atoms with van der Waals surface area (Å²) in [5.41, 5.74) is 0.492. The number of terminal acetylenes is 1. The van der Waals surface area contributed by atoms with Gasteiger partial charge in [0.1, 0.15) is 0 Å². The average Bonchev–Trinajstić information content (AvgIpc) is 2.15. The Labute approximate surface area is 97.8 Å². The third-order valence-corrected chi connectivity index (χ3v) is 2.52. The molecule has 0 aliphatic heterocycles. The molecular formula is C11H8Cl2O2. The Morgan fingerprint density at radius 3 is 2.67 bits per heavy atom. The monoisotopic (exact) mass is 242 g/mol. The molecule has 2 nitrogen and oxygen atoms in total. The van der Waals surface area contributed by atoms with Gasteiger partial charge in [0.15, 0.2) is 0 Å². The standard InChI is InChI=1S/C11H8Cl2O2/c1-2-3-9(11(14)15)8-5-4-7(12)6-10(8)13/h1,4-6,9H,3H2,(H,14,15). The van der Waals surface area contributed by atoms with E-state index in [2.05, 4.69) is 5.92 Å². The number of benzene rings is 1. The Morgan fingerprint density at radius 1 is 1.53 bits per heavy atom. The SMILES string of the molecule is C#CCC(C(=O)O)c1ccc(Cl)cc1Cl. The summed E-state index contributed by atoms with van der Waals surface area (Å²) in [6.45, 7) is 0. The van der Waals surface area contributed by atoms with E-state index in [0.29, 0.717) is 15.6 Å². The maximum absolute atomic E-state index is 10.9. The summed E-state index contributed by atoms with van der Waals surface area (Å²) in [4.78, 5) is 10.9. The molecule has 78 valence electrons. The van der Waals surface area contributed by atoms with Gasteiger partial charge in [0.05, 0.1) is 5.92 Å². The van der Waals surface area contributed by atoms with Crippen LogP contribution < -0.4 is 0 Å². The third-order valence-electron chi connectivity index (χ3n) is 1.96. The van der Waals surface area contributed by atoms with Gasteiger partial charge in [-0.15, -0.1) is 12.3 Å². The average molecular weight is 243 g/mol. The largest absolute Gasteiger partial charge is 0.481 e. The quantitative estimate of drug-likeness (QED) is 0.827. The Bertz CT molecular complexity index is 421. The van der Waals surface area contributed by atoms with Crippen LogP contribution in [0.3, 0.4) is 0 Å². The van der Waals surface area contributed by atoms with E-state index in [4.69, 9.17) is 34.7 Å². The number of hydrogen-bond acceptors (Lipinski definition) is 1. The predicted molar refractivity (Wildman–Crippen MR) is 60.3 cm³/mol. The molecule has 0 bridgehead atoms. The first-order valence-corrected chi connectivity index (χ1v) is 4.93. The summed E-state index contributed by atoms with van der Waals surface area (Å²) in [6, 6.07) is 4.68. The van der Waals surface area contributed by atoms with Crippen LogP contribution in [0.25, 0.3) is 0 Å². The smallest absolute Gasteiger partial charge is 0.312 e. The van der Waals surface area contributed by atoms with Crippen LogP contribution in [0.2, 0.25) is 10.0 Å². The number of aliphatic carboxylic acids is 1. The summed E-state index contributed by atoms with van der Waals surface area (Å²) in [5.74, 6) is 0.550. The molecule has 1 atom stereocenters. The molecule has 0 saturated carbocycles. The summed E-state index contributed by atoms with van der Waals surface area (Å²) >= 11 is 11.6. The zero-order valence-electron chi connectivity index (χ0n) is 7.71. The van der Waals surface area contributed by atoms with Gasteiger partial charge in [0, 0.05) is 16.5 Å². The minimum atomic E-state index is -0.989. The highest BCUT2D eigenvalue weighted by Crippen LogP contribution is 2.29. The van der Waals surface area contributed by atoms with Gasteiger partial charge in [-0.3, -0.25) is 4.79 Å². The molecular weight excluding hydrogens is 235 g/mol. The maximum atomic E-state index is 10.9. The minimum absolute atomic E-state index is 0.108. The van der Waals surface area contributed by atoms with E-state index in [-0.39, 0.29) is 6.42 Å². The van der Waals surface area contributed by atoms with Crippen LogP contribution >= 0.6 is 23.2 Å². The molecule has 0 spiro atoms. The first kappa shape index (κ1) is 11.9. The molecule has 15 heavy (non-hydrogen) atoms. The Balaban J connectivity index is 3.12. The third kappa shape index (κ3) is 2.89. The van der Waals surface area contributed by atoms with Crippen molar-refractivity contribution in [3.05, 3.63) is 33.8 Å². The van der Waals surface area contributed by atoms with Gasteiger partial charge >= 0.3 is 5.97 Å². The van der Waals surface area contributed by atoms with E-state index in [1.807, 2.05) is 0 Å². The second-order valence-corrected chi connectivity index (χ2v) is 3.81. The molecule has 0 radical (unpaired) electrons. The maximum Gasteiger partial charge on any atom is 0.312 e. The van der Waals surface area contributed by atoms with Crippen molar-refractivity contribution in [3.63, 3.8) is 0 Å². The molecule has 0 saturated heterocycles. The zero-order valence-corrected chi connectivity index (χ0v) is 9.22. The molecule has 0 fully saturated rings. The van der Waals surface area contributed by atoms with Crippen molar-refractivity contribution in [3.8, 4) is 12.3 Å². The lowest BCUT2D eigenvalue weighted by Crippen LogP contribution is -2.11. The van der Waals surface area contributed by atoms with Crippen molar-refractivity contribution >= 4 is 29.2 Å². The van der Waals surface area contributed by atoms with Crippen molar-refractivity contribution in [1.82, 2.24) is 0 Å². The highest BCUT2D eigenvalue weighted by molar-refractivity contribution is 6.35. The fourth-order valence-electron chi connectivity index (χ4n) is 1.23. The first-order valence-electron chi connectivity index (χ1n) is 4.17. The van der Waals surface area contributed by atoms with Crippen LogP contribution in [0, 0.1) is 12.3 Å². The summed E-state index contributed by atoms with van der Waals surface area (Å²) < 4.78 is 0. The minimum Gasteiger partial charge on any atom is -0.481 e. The molecule has 0 aromatic heterocycles. The van der Waals surface area contributed by atoms with E-state index < -0.39 is 11.9 Å². The topological polar surface area (TPSA) is 37.3 Å². The van der Waals surface area contributed by atoms with Crippen molar-refractivity contribution < 1.29 is 9.90 Å². The molecule has 1 N–H and O–H groups in total. The molecule has 1 aromatic rings. The van der Waals surface area contributed by atoms with E-state index in [9.17, 15) is 4.79 Å². The van der Waals surface area contributed by atoms with Gasteiger partial charge in [-0.1, -0.05) is 29.3 Å². The summed E-state index contributed by atoms with van der Waals surface area (Å²) in [7, 11) is 0. The number of carboxylic acid groups (broad SMARTS) is 1. The lowest BCUT2D eigenvalue weighted by atomic mass is 9.96. The van der Waals surface area contributed by atoms with E-state index in [1.165, 1.54) is 6.07 Å².